The van der Waals surface area contributed by atoms with Crippen molar-refractivity contribution in [2.75, 3.05) is 9.80 Å². The van der Waals surface area contributed by atoms with Gasteiger partial charge >= 0.3 is 0 Å². The minimum Gasteiger partial charge on any atom is -0.310 e. The van der Waals surface area contributed by atoms with Gasteiger partial charge in [-0.15, -0.1) is 0 Å². The lowest BCUT2D eigenvalue weighted by Gasteiger charge is -2.37. The number of nitrogens with zero attached hydrogens (tertiary/aromatic N) is 3. The molecule has 0 unspecified atom stereocenters. The van der Waals surface area contributed by atoms with Crippen molar-refractivity contribution in [1.29, 1.82) is 0 Å². The van der Waals surface area contributed by atoms with Crippen molar-refractivity contribution in [2.24, 2.45) is 0 Å². The number of aryl methyl sites for hydroxylation is 2. The molecule has 0 radical (unpaired) electrons. The molecule has 1 heterocycles. The topological polar surface area (TPSA) is 11.4 Å². The maximum atomic E-state index is 2.57. The van der Waals surface area contributed by atoms with Gasteiger partial charge in [0.2, 0.25) is 0 Å². The molecule has 3 heteroatoms. The van der Waals surface area contributed by atoms with Crippen LogP contribution in [0.3, 0.4) is 0 Å². The molecular weight excluding hydrogens is 727 g/mol. The van der Waals surface area contributed by atoms with Gasteiger partial charge in [-0.25, -0.2) is 0 Å². The highest BCUT2D eigenvalue weighted by Crippen LogP contribution is 2.60. The van der Waals surface area contributed by atoms with E-state index in [0.29, 0.717) is 0 Å². The van der Waals surface area contributed by atoms with Crippen molar-refractivity contribution in [1.82, 2.24) is 4.57 Å². The molecule has 0 bridgehead atoms. The molecule has 0 amide bonds. The molecule has 2 aliphatic carbocycles. The predicted octanol–water partition coefficient (Wildman–Crippen LogP) is 15.1. The van der Waals surface area contributed by atoms with Crippen LogP contribution in [-0.2, 0) is 18.3 Å². The van der Waals surface area contributed by atoms with Crippen LogP contribution in [0.15, 0.2) is 212 Å². The zero-order chi connectivity index (χ0) is 39.6. The summed E-state index contributed by atoms with van der Waals surface area (Å²) >= 11 is 0. The van der Waals surface area contributed by atoms with Crippen LogP contribution in [0.4, 0.5) is 34.1 Å². The summed E-state index contributed by atoms with van der Waals surface area (Å²) in [6, 6.07) is 78.4. The Balaban J connectivity index is 1.11. The summed E-state index contributed by atoms with van der Waals surface area (Å²) in [7, 11) is 0. The molecule has 9 aromatic carbocycles. The summed E-state index contributed by atoms with van der Waals surface area (Å²) in [6.07, 6.45) is 4.25. The van der Waals surface area contributed by atoms with Gasteiger partial charge in [0.05, 0.1) is 22.4 Å². The van der Waals surface area contributed by atoms with Gasteiger partial charge in [-0.3, -0.25) is 0 Å². The third kappa shape index (κ3) is 5.36. The van der Waals surface area contributed by atoms with E-state index in [4.69, 9.17) is 0 Å². The molecular formula is C57H43N3. The van der Waals surface area contributed by atoms with Gasteiger partial charge in [-0.2, -0.15) is 0 Å². The van der Waals surface area contributed by atoms with E-state index in [1.807, 2.05) is 0 Å². The number of fused-ring (bicyclic) bond motifs is 8. The Labute approximate surface area is 351 Å². The summed E-state index contributed by atoms with van der Waals surface area (Å²) in [5, 5.41) is 4.98. The molecule has 1 atom stereocenters. The van der Waals surface area contributed by atoms with Gasteiger partial charge in [0.15, 0.2) is 0 Å². The van der Waals surface area contributed by atoms with E-state index in [9.17, 15) is 0 Å². The number of aromatic nitrogens is 1. The van der Waals surface area contributed by atoms with Crippen LogP contribution < -0.4 is 9.80 Å². The Hall–Kier alpha value is -7.36. The van der Waals surface area contributed by atoms with Crippen molar-refractivity contribution in [3.63, 3.8) is 0 Å². The molecule has 12 rings (SSSR count). The smallest absolute Gasteiger partial charge is 0.0542 e. The normalized spacial score (nSPS) is 15.5. The van der Waals surface area contributed by atoms with Crippen molar-refractivity contribution in [2.45, 2.75) is 31.1 Å². The molecule has 2 aliphatic rings. The molecule has 0 saturated heterocycles. The highest BCUT2D eigenvalue weighted by atomic mass is 15.2. The number of anilines is 6. The van der Waals surface area contributed by atoms with Crippen LogP contribution in [0.5, 0.6) is 0 Å². The molecule has 1 spiro atoms. The second-order valence-electron chi connectivity index (χ2n) is 16.5. The first-order valence-electron chi connectivity index (χ1n) is 21.3. The number of para-hydroxylation sites is 4. The molecule has 0 fully saturated rings. The van der Waals surface area contributed by atoms with E-state index in [-0.39, 0.29) is 5.41 Å². The van der Waals surface area contributed by atoms with E-state index in [1.54, 1.807) is 0 Å². The monoisotopic (exact) mass is 769 g/mol. The first-order chi connectivity index (χ1) is 29.7. The van der Waals surface area contributed by atoms with Crippen LogP contribution in [0.2, 0.25) is 0 Å². The highest BCUT2D eigenvalue weighted by molar-refractivity contribution is 6.11. The fourth-order valence-corrected chi connectivity index (χ4v) is 10.8. The molecule has 0 saturated carbocycles. The third-order valence-corrected chi connectivity index (χ3v) is 13.3. The summed E-state index contributed by atoms with van der Waals surface area (Å²) in [5.74, 6) is 0. The molecule has 3 nitrogen and oxygen atoms in total. The predicted molar refractivity (Wildman–Crippen MR) is 252 cm³/mol. The second kappa shape index (κ2) is 13.9. The zero-order valence-electron chi connectivity index (χ0n) is 33.4. The Morgan fingerprint density at radius 3 is 1.55 bits per heavy atom. The minimum absolute atomic E-state index is 0.164. The van der Waals surface area contributed by atoms with Gasteiger partial charge in [0.25, 0.3) is 0 Å². The van der Waals surface area contributed by atoms with Gasteiger partial charge in [0, 0.05) is 44.6 Å². The van der Waals surface area contributed by atoms with E-state index in [0.717, 1.165) is 37.1 Å². The fraction of sp³-hybridized carbons (Fsp3) is 0.0877. The van der Waals surface area contributed by atoms with Gasteiger partial charge < -0.3 is 14.4 Å². The van der Waals surface area contributed by atoms with Crippen molar-refractivity contribution < 1.29 is 0 Å². The summed E-state index contributed by atoms with van der Waals surface area (Å²) in [4.78, 5) is 5.06. The Morgan fingerprint density at radius 1 is 0.367 bits per heavy atom. The molecule has 286 valence electrons. The van der Waals surface area contributed by atoms with Crippen LogP contribution in [-0.4, -0.2) is 4.57 Å². The van der Waals surface area contributed by atoms with E-state index >= 15 is 0 Å². The maximum Gasteiger partial charge on any atom is 0.0542 e. The van der Waals surface area contributed by atoms with Crippen molar-refractivity contribution in [3.05, 3.63) is 235 Å². The molecule has 10 aromatic rings. The minimum atomic E-state index is -0.164. The SMILES string of the molecule is c1ccc(N(c2ccccc2)c2cccc3c2[C@@]2(CC3)CCc3cccc(N(c4ccc5ccccc5c4)c4ccc5c(c4)c4ccccc4n5-c4ccccc4)c32)cc1. The summed E-state index contributed by atoms with van der Waals surface area (Å²) < 4.78 is 2.41. The second-order valence-corrected chi connectivity index (χ2v) is 16.5. The fourth-order valence-electron chi connectivity index (χ4n) is 10.8. The Bertz CT molecular complexity index is 3180. The van der Waals surface area contributed by atoms with Gasteiger partial charge in [-0.05, 0) is 144 Å². The third-order valence-electron chi connectivity index (χ3n) is 13.3. The Kier molecular flexibility index (Phi) is 8.02. The highest BCUT2D eigenvalue weighted by Gasteiger charge is 2.49. The lowest BCUT2D eigenvalue weighted by atomic mass is 9.74. The van der Waals surface area contributed by atoms with Crippen molar-refractivity contribution >= 4 is 66.7 Å². The maximum absolute atomic E-state index is 2.57. The quantitative estimate of drug-likeness (QED) is 0.160. The lowest BCUT2D eigenvalue weighted by Crippen LogP contribution is -2.27. The zero-order valence-corrected chi connectivity index (χ0v) is 33.4. The number of benzene rings is 9. The summed E-state index contributed by atoms with van der Waals surface area (Å²) in [5.41, 5.74) is 16.5. The van der Waals surface area contributed by atoms with E-state index in [2.05, 4.69) is 227 Å². The van der Waals surface area contributed by atoms with Gasteiger partial charge in [-0.1, -0.05) is 127 Å². The summed E-state index contributed by atoms with van der Waals surface area (Å²) in [6.45, 7) is 0. The van der Waals surface area contributed by atoms with Crippen LogP contribution >= 0.6 is 0 Å². The van der Waals surface area contributed by atoms with Crippen LogP contribution in [0, 0.1) is 0 Å². The standard InChI is InChI=1S/C57H43N3/c1-4-20-44(21-5-1)58(45-22-6-2-7-23-45)53-28-14-18-41-34-36-57(55(41)53)37-35-42-19-15-29-54(56(42)57)59(47-31-30-40-16-10-11-17-43(40)38-47)48-32-33-52-50(39-48)49-26-12-13-27-51(49)60(52)46-24-8-3-9-25-46/h1-33,38-39H,34-37H2/t57-/m1/s1. The first-order valence-corrected chi connectivity index (χ1v) is 21.3. The lowest BCUT2D eigenvalue weighted by molar-refractivity contribution is 0.508. The molecule has 0 aliphatic heterocycles. The number of hydrogen-bond donors (Lipinski definition) is 0. The molecule has 1 aromatic heterocycles. The Morgan fingerprint density at radius 2 is 0.883 bits per heavy atom. The van der Waals surface area contributed by atoms with Gasteiger partial charge in [0.1, 0.15) is 0 Å². The molecule has 0 N–H and O–H groups in total. The van der Waals surface area contributed by atoms with E-state index < -0.39 is 0 Å². The molecule has 60 heavy (non-hydrogen) atoms. The average Bonchev–Trinajstić information content (AvgIpc) is 4.00. The van der Waals surface area contributed by atoms with Crippen LogP contribution in [0.1, 0.15) is 35.1 Å². The first kappa shape index (κ1) is 34.7. The van der Waals surface area contributed by atoms with E-state index in [1.165, 1.54) is 83.3 Å². The number of hydrogen-bond acceptors (Lipinski definition) is 2. The average molecular weight is 770 g/mol. The van der Waals surface area contributed by atoms with Crippen LogP contribution in [0.25, 0.3) is 38.3 Å². The number of rotatable bonds is 7. The van der Waals surface area contributed by atoms with Crippen molar-refractivity contribution in [3.8, 4) is 5.69 Å². The largest absolute Gasteiger partial charge is 0.310 e.